The zero-order valence-electron chi connectivity index (χ0n) is 18.6. The molecule has 1 N–H and O–H groups in total. The Kier molecular flexibility index (Phi) is 9.77. The number of likely N-dealkylation sites (N-methyl/N-ethyl adjacent to an activating group) is 1. The number of nitrogens with zero attached hydrogens (tertiary/aromatic N) is 4. The summed E-state index contributed by atoms with van der Waals surface area (Å²) in [5.74, 6) is -0.265. The van der Waals surface area contributed by atoms with Gasteiger partial charge >= 0.3 is 6.09 Å². The average molecular weight is 438 g/mol. The van der Waals surface area contributed by atoms with Gasteiger partial charge in [-0.05, 0) is 19.3 Å². The number of fused-ring (bicyclic) bond motifs is 1. The van der Waals surface area contributed by atoms with Gasteiger partial charge in [0.2, 0.25) is 18.2 Å². The summed E-state index contributed by atoms with van der Waals surface area (Å²) in [5, 5.41) is 5.71. The normalized spacial score (nSPS) is 21.7. The van der Waals surface area contributed by atoms with Gasteiger partial charge in [-0.25, -0.2) is 9.80 Å². The van der Waals surface area contributed by atoms with Crippen LogP contribution < -0.4 is 5.32 Å². The number of hydrogen-bond acceptors (Lipinski definition) is 6. The van der Waals surface area contributed by atoms with Gasteiger partial charge in [-0.1, -0.05) is 38.8 Å². The molecule has 10 heteroatoms. The zero-order valence-corrected chi connectivity index (χ0v) is 18.6. The highest BCUT2D eigenvalue weighted by Crippen LogP contribution is 2.27. The minimum absolute atomic E-state index is 0.0433. The molecule has 0 saturated carbocycles. The Morgan fingerprint density at radius 2 is 2.03 bits per heavy atom. The second-order valence-electron chi connectivity index (χ2n) is 7.90. The van der Waals surface area contributed by atoms with E-state index >= 15 is 0 Å². The van der Waals surface area contributed by atoms with Crippen LogP contribution in [-0.4, -0.2) is 96.2 Å². The van der Waals surface area contributed by atoms with Gasteiger partial charge in [0.05, 0.1) is 13.1 Å². The number of alkyl carbamates (subject to hydrolysis) is 1. The van der Waals surface area contributed by atoms with E-state index in [0.29, 0.717) is 38.9 Å². The molecule has 0 aliphatic carbocycles. The molecule has 2 rings (SSSR count). The quantitative estimate of drug-likeness (QED) is 0.277. The van der Waals surface area contributed by atoms with Gasteiger partial charge in [-0.15, -0.1) is 0 Å². The summed E-state index contributed by atoms with van der Waals surface area (Å²) in [6.45, 7) is 7.02. The second kappa shape index (κ2) is 12.3. The van der Waals surface area contributed by atoms with Crippen molar-refractivity contribution in [2.45, 2.75) is 57.7 Å². The molecule has 10 nitrogen and oxygen atoms in total. The number of carbonyl (C=O) groups is 4. The molecule has 0 bridgehead atoms. The number of rotatable bonds is 12. The van der Waals surface area contributed by atoms with E-state index < -0.39 is 18.3 Å². The predicted molar refractivity (Wildman–Crippen MR) is 114 cm³/mol. The molecule has 2 fully saturated rings. The van der Waals surface area contributed by atoms with Crippen LogP contribution >= 0.6 is 0 Å². The number of nitrogens with one attached hydrogen (secondary N) is 1. The Morgan fingerprint density at radius 1 is 1.26 bits per heavy atom. The number of amides is 4. The van der Waals surface area contributed by atoms with Gasteiger partial charge in [-0.2, -0.15) is 0 Å². The number of piperazine rings is 1. The number of hydrogen-bond donors (Lipinski definition) is 1. The Balaban J connectivity index is 2.06. The first-order valence-electron chi connectivity index (χ1n) is 11.0. The van der Waals surface area contributed by atoms with Crippen molar-refractivity contribution < 1.29 is 23.9 Å². The van der Waals surface area contributed by atoms with E-state index in [-0.39, 0.29) is 25.0 Å². The third-order valence-corrected chi connectivity index (χ3v) is 5.63. The van der Waals surface area contributed by atoms with Crippen LogP contribution in [0.4, 0.5) is 4.79 Å². The van der Waals surface area contributed by atoms with E-state index in [2.05, 4.69) is 18.8 Å². The smallest absolute Gasteiger partial charge is 0.407 e. The number of ether oxygens (including phenoxy) is 1. The Hall–Kier alpha value is -2.62. The highest BCUT2D eigenvalue weighted by Gasteiger charge is 2.48. The van der Waals surface area contributed by atoms with Crippen molar-refractivity contribution >= 4 is 24.3 Å². The van der Waals surface area contributed by atoms with Crippen LogP contribution in [-0.2, 0) is 19.1 Å². The summed E-state index contributed by atoms with van der Waals surface area (Å²) in [7, 11) is 1.69. The third kappa shape index (κ3) is 6.43. The summed E-state index contributed by atoms with van der Waals surface area (Å²) < 4.78 is 4.87. The average Bonchev–Trinajstić information content (AvgIpc) is 2.74. The molecule has 0 aromatic heterocycles. The van der Waals surface area contributed by atoms with Crippen LogP contribution in [0.15, 0.2) is 12.7 Å². The molecule has 2 aliphatic rings. The van der Waals surface area contributed by atoms with Crippen LogP contribution in [0.1, 0.15) is 45.4 Å². The fourth-order valence-corrected chi connectivity index (χ4v) is 4.07. The van der Waals surface area contributed by atoms with Gasteiger partial charge in [0.15, 0.2) is 0 Å². The fourth-order valence-electron chi connectivity index (χ4n) is 4.07. The highest BCUT2D eigenvalue weighted by molar-refractivity contribution is 5.90. The van der Waals surface area contributed by atoms with Gasteiger partial charge < -0.3 is 19.9 Å². The molecule has 0 aromatic rings. The van der Waals surface area contributed by atoms with E-state index in [1.54, 1.807) is 21.9 Å². The van der Waals surface area contributed by atoms with E-state index in [9.17, 15) is 19.2 Å². The molecule has 4 amide bonds. The predicted octanol–water partition coefficient (Wildman–Crippen LogP) is 0.943. The zero-order chi connectivity index (χ0) is 22.8. The van der Waals surface area contributed by atoms with E-state index in [0.717, 1.165) is 25.7 Å². The first-order valence-corrected chi connectivity index (χ1v) is 11.0. The van der Waals surface area contributed by atoms with Crippen molar-refractivity contribution in [3.05, 3.63) is 12.7 Å². The summed E-state index contributed by atoms with van der Waals surface area (Å²) in [6, 6.07) is -0.653. The maximum atomic E-state index is 13.2. The van der Waals surface area contributed by atoms with Crippen molar-refractivity contribution in [3.63, 3.8) is 0 Å². The molecule has 174 valence electrons. The molecular formula is C21H35N5O5. The fraction of sp³-hybridized carbons (Fsp3) is 0.714. The molecular weight excluding hydrogens is 402 g/mol. The third-order valence-electron chi connectivity index (χ3n) is 5.63. The summed E-state index contributed by atoms with van der Waals surface area (Å²) in [4.78, 5) is 52.6. The van der Waals surface area contributed by atoms with E-state index in [1.165, 1.54) is 11.1 Å². The lowest BCUT2D eigenvalue weighted by Gasteiger charge is -2.53. The summed E-state index contributed by atoms with van der Waals surface area (Å²) in [6.07, 6.45) is 6.16. The van der Waals surface area contributed by atoms with Crippen LogP contribution in [0.2, 0.25) is 0 Å². The minimum Gasteiger partial charge on any atom is -0.445 e. The lowest BCUT2D eigenvalue weighted by atomic mass is 10.0. The van der Waals surface area contributed by atoms with E-state index in [1.807, 2.05) is 0 Å². The Morgan fingerprint density at radius 3 is 2.71 bits per heavy atom. The Bertz CT molecular complexity index is 658. The van der Waals surface area contributed by atoms with Crippen LogP contribution in [0.5, 0.6) is 0 Å². The molecule has 0 radical (unpaired) electrons. The molecule has 2 heterocycles. The van der Waals surface area contributed by atoms with Gasteiger partial charge in [0, 0.05) is 20.1 Å². The molecule has 0 aromatic carbocycles. The van der Waals surface area contributed by atoms with Gasteiger partial charge in [0.25, 0.3) is 0 Å². The van der Waals surface area contributed by atoms with Crippen molar-refractivity contribution in [2.75, 3.05) is 39.8 Å². The first kappa shape index (κ1) is 24.6. The molecule has 0 spiro atoms. The first-order chi connectivity index (χ1) is 14.9. The topological polar surface area (TPSA) is 102 Å². The van der Waals surface area contributed by atoms with E-state index in [4.69, 9.17) is 4.74 Å². The lowest BCUT2D eigenvalue weighted by molar-refractivity contribution is -0.196. The molecule has 2 saturated heterocycles. The minimum atomic E-state index is -0.653. The number of carbonyl (C=O) groups excluding carboxylic acids is 4. The summed E-state index contributed by atoms with van der Waals surface area (Å²) >= 11 is 0. The SMILES string of the molecule is C=CCOC(=O)NCCC[C@H]1C(=O)N(CCCCCC)CC2N1C(=O)CN(C)N2C=O. The molecule has 31 heavy (non-hydrogen) atoms. The van der Waals surface area contributed by atoms with Crippen molar-refractivity contribution in [3.8, 4) is 0 Å². The highest BCUT2D eigenvalue weighted by atomic mass is 16.5. The molecule has 2 aliphatic heterocycles. The molecule has 2 atom stereocenters. The maximum absolute atomic E-state index is 13.2. The van der Waals surface area contributed by atoms with Gasteiger partial charge in [0.1, 0.15) is 18.8 Å². The number of hydrazine groups is 1. The number of unbranched alkanes of at least 4 members (excludes halogenated alkanes) is 3. The second-order valence-corrected chi connectivity index (χ2v) is 7.90. The lowest BCUT2D eigenvalue weighted by Crippen LogP contribution is -2.74. The largest absolute Gasteiger partial charge is 0.445 e. The van der Waals surface area contributed by atoms with Crippen LogP contribution in [0, 0.1) is 0 Å². The monoisotopic (exact) mass is 437 g/mol. The van der Waals surface area contributed by atoms with Crippen molar-refractivity contribution in [2.24, 2.45) is 0 Å². The summed E-state index contributed by atoms with van der Waals surface area (Å²) in [5.41, 5.74) is 0. The van der Waals surface area contributed by atoms with Crippen molar-refractivity contribution in [1.29, 1.82) is 0 Å². The maximum Gasteiger partial charge on any atom is 0.407 e. The molecule has 1 unspecified atom stereocenters. The van der Waals surface area contributed by atoms with Crippen LogP contribution in [0.25, 0.3) is 0 Å². The van der Waals surface area contributed by atoms with Crippen molar-refractivity contribution in [1.82, 2.24) is 25.1 Å². The Labute approximate surface area is 184 Å². The standard InChI is InChI=1S/C21H35N5O5/c1-4-6-7-8-12-24-14-18-25(16-27)23(3)15-19(28)26(18)17(20(24)29)10-9-11-22-21(30)31-13-5-2/h5,16-18H,2,4,6-15H2,1,3H3,(H,22,30)/t17-,18?/m0/s1. The van der Waals surface area contributed by atoms with Crippen LogP contribution in [0.3, 0.4) is 0 Å². The van der Waals surface area contributed by atoms with Gasteiger partial charge in [-0.3, -0.25) is 19.4 Å².